The third-order valence-electron chi connectivity index (χ3n) is 3.84. The monoisotopic (exact) mass is 395 g/mol. The Kier molecular flexibility index (Phi) is 5.89. The number of aromatic nitrogens is 2. The van der Waals surface area contributed by atoms with Gasteiger partial charge in [-0.15, -0.1) is 6.42 Å². The smallest absolute Gasteiger partial charge is 0.338 e. The summed E-state index contributed by atoms with van der Waals surface area (Å²) < 4.78 is 33.2. The van der Waals surface area contributed by atoms with Gasteiger partial charge in [-0.3, -0.25) is 0 Å². The predicted octanol–water partition coefficient (Wildman–Crippen LogP) is 2.14. The van der Waals surface area contributed by atoms with Crippen molar-refractivity contribution in [2.24, 2.45) is 0 Å². The zero-order chi connectivity index (χ0) is 20.0. The first-order chi connectivity index (χ1) is 13.5. The van der Waals surface area contributed by atoms with Crippen molar-refractivity contribution < 1.29 is 17.9 Å². The lowest BCUT2D eigenvalue weighted by Crippen LogP contribution is -2.23. The Hall–Kier alpha value is -3.41. The van der Waals surface area contributed by atoms with Crippen LogP contribution in [0.4, 0.5) is 0 Å². The number of esters is 1. The van der Waals surface area contributed by atoms with Crippen molar-refractivity contribution in [1.29, 1.82) is 0 Å². The number of sulfonamides is 1. The molecule has 2 aromatic carbocycles. The molecule has 0 aliphatic carbocycles. The minimum absolute atomic E-state index is 0.0218. The molecule has 0 unspecified atom stereocenters. The van der Waals surface area contributed by atoms with Crippen molar-refractivity contribution in [3.8, 4) is 18.0 Å². The molecule has 3 aromatic rings. The SMILES string of the molecule is C#CCNS(=O)(=O)c1ccc(C(=O)OCc2ccc(-n3cccn3)cc2)cc1. The molecule has 0 aliphatic rings. The van der Waals surface area contributed by atoms with Gasteiger partial charge in [0, 0.05) is 12.4 Å². The number of benzene rings is 2. The molecule has 3 rings (SSSR count). The molecule has 8 heteroatoms. The molecule has 0 spiro atoms. The standard InChI is InChI=1S/C20H17N3O4S/c1-2-12-22-28(25,26)19-10-6-17(7-11-19)20(24)27-15-16-4-8-18(9-5-16)23-14-3-13-21-23/h1,3-11,13-14,22H,12,15H2. The predicted molar refractivity (Wildman–Crippen MR) is 103 cm³/mol. The molecule has 0 bridgehead atoms. The van der Waals surface area contributed by atoms with E-state index >= 15 is 0 Å². The molecule has 7 nitrogen and oxygen atoms in total. The molecule has 0 saturated carbocycles. The van der Waals surface area contributed by atoms with Crippen molar-refractivity contribution >= 4 is 16.0 Å². The highest BCUT2D eigenvalue weighted by atomic mass is 32.2. The third kappa shape index (κ3) is 4.65. The Bertz CT molecular complexity index is 1080. The number of nitrogens with one attached hydrogen (secondary N) is 1. The molecular weight excluding hydrogens is 378 g/mol. The highest BCUT2D eigenvalue weighted by Crippen LogP contribution is 2.13. The van der Waals surface area contributed by atoms with Gasteiger partial charge in [0.05, 0.1) is 22.7 Å². The number of terminal acetylenes is 1. The van der Waals surface area contributed by atoms with Crippen LogP contribution in [0.25, 0.3) is 5.69 Å². The van der Waals surface area contributed by atoms with E-state index in [1.54, 1.807) is 10.9 Å². The zero-order valence-corrected chi connectivity index (χ0v) is 15.6. The van der Waals surface area contributed by atoms with Gasteiger partial charge in [-0.1, -0.05) is 18.1 Å². The number of hydrogen-bond acceptors (Lipinski definition) is 5. The maximum atomic E-state index is 12.2. The summed E-state index contributed by atoms with van der Waals surface area (Å²) in [5, 5.41) is 4.15. The van der Waals surface area contributed by atoms with Gasteiger partial charge in [-0.2, -0.15) is 9.82 Å². The van der Waals surface area contributed by atoms with E-state index in [0.29, 0.717) is 0 Å². The van der Waals surface area contributed by atoms with Crippen LogP contribution in [-0.2, 0) is 21.4 Å². The highest BCUT2D eigenvalue weighted by Gasteiger charge is 2.14. The van der Waals surface area contributed by atoms with Gasteiger partial charge in [0.25, 0.3) is 0 Å². The molecule has 0 radical (unpaired) electrons. The van der Waals surface area contributed by atoms with Crippen molar-refractivity contribution in [1.82, 2.24) is 14.5 Å². The summed E-state index contributed by atoms with van der Waals surface area (Å²) in [6.45, 7) is -0.00664. The molecule has 1 N–H and O–H groups in total. The molecule has 0 fully saturated rings. The number of carbonyl (C=O) groups excluding carboxylic acids is 1. The molecule has 28 heavy (non-hydrogen) atoms. The van der Waals surface area contributed by atoms with Gasteiger partial charge in [-0.25, -0.2) is 17.9 Å². The van der Waals surface area contributed by atoms with E-state index < -0.39 is 16.0 Å². The molecule has 0 aliphatic heterocycles. The van der Waals surface area contributed by atoms with Gasteiger partial charge in [0.1, 0.15) is 6.61 Å². The molecule has 1 heterocycles. The summed E-state index contributed by atoms with van der Waals surface area (Å²) in [6.07, 6.45) is 8.58. The number of ether oxygens (including phenoxy) is 1. The number of rotatable bonds is 7. The molecule has 0 amide bonds. The van der Waals surface area contributed by atoms with E-state index in [1.165, 1.54) is 24.3 Å². The summed E-state index contributed by atoms with van der Waals surface area (Å²) in [5.41, 5.74) is 1.97. The van der Waals surface area contributed by atoms with Crippen molar-refractivity contribution in [2.75, 3.05) is 6.54 Å². The van der Waals surface area contributed by atoms with E-state index in [2.05, 4.69) is 15.7 Å². The van der Waals surface area contributed by atoms with Crippen LogP contribution in [0.5, 0.6) is 0 Å². The minimum Gasteiger partial charge on any atom is -0.457 e. The Morgan fingerprint density at radius 3 is 2.46 bits per heavy atom. The molecule has 142 valence electrons. The second kappa shape index (κ2) is 8.52. The third-order valence-corrected chi connectivity index (χ3v) is 5.26. The lowest BCUT2D eigenvalue weighted by molar-refractivity contribution is 0.0472. The summed E-state index contributed by atoms with van der Waals surface area (Å²) in [5.74, 6) is 1.65. The Balaban J connectivity index is 1.60. The van der Waals surface area contributed by atoms with Crippen LogP contribution >= 0.6 is 0 Å². The first-order valence-corrected chi connectivity index (χ1v) is 9.77. The first kappa shape index (κ1) is 19.4. The fraction of sp³-hybridized carbons (Fsp3) is 0.100. The van der Waals surface area contributed by atoms with E-state index in [9.17, 15) is 13.2 Å². The lowest BCUT2D eigenvalue weighted by Gasteiger charge is -2.08. The summed E-state index contributed by atoms with van der Waals surface area (Å²) >= 11 is 0. The average molecular weight is 395 g/mol. The van der Waals surface area contributed by atoms with Crippen LogP contribution in [0.15, 0.2) is 71.9 Å². The van der Waals surface area contributed by atoms with Gasteiger partial charge < -0.3 is 4.74 Å². The van der Waals surface area contributed by atoms with Gasteiger partial charge >= 0.3 is 5.97 Å². The van der Waals surface area contributed by atoms with Crippen molar-refractivity contribution in [3.63, 3.8) is 0 Å². The van der Waals surface area contributed by atoms with Crippen molar-refractivity contribution in [3.05, 3.63) is 78.1 Å². The molecule has 0 atom stereocenters. The molecule has 1 aromatic heterocycles. The van der Waals surface area contributed by atoms with Gasteiger partial charge in [0.15, 0.2) is 0 Å². The maximum absolute atomic E-state index is 12.2. The maximum Gasteiger partial charge on any atom is 0.338 e. The lowest BCUT2D eigenvalue weighted by atomic mass is 10.2. The topological polar surface area (TPSA) is 90.3 Å². The van der Waals surface area contributed by atoms with E-state index in [0.717, 1.165) is 11.3 Å². The zero-order valence-electron chi connectivity index (χ0n) is 14.8. The normalized spacial score (nSPS) is 11.0. The van der Waals surface area contributed by atoms with Crippen LogP contribution in [0.3, 0.4) is 0 Å². The quantitative estimate of drug-likeness (QED) is 0.489. The largest absolute Gasteiger partial charge is 0.457 e. The Morgan fingerprint density at radius 2 is 1.86 bits per heavy atom. The number of nitrogens with zero attached hydrogens (tertiary/aromatic N) is 2. The second-order valence-electron chi connectivity index (χ2n) is 5.75. The highest BCUT2D eigenvalue weighted by molar-refractivity contribution is 7.89. The Labute approximate surface area is 163 Å². The van der Waals surface area contributed by atoms with Gasteiger partial charge in [0.2, 0.25) is 10.0 Å². The van der Waals surface area contributed by atoms with Gasteiger partial charge in [-0.05, 0) is 48.0 Å². The number of hydrogen-bond donors (Lipinski definition) is 1. The van der Waals surface area contributed by atoms with Crippen LogP contribution in [0.2, 0.25) is 0 Å². The average Bonchev–Trinajstić information content (AvgIpc) is 3.26. The fourth-order valence-corrected chi connectivity index (χ4v) is 3.32. The molecular formula is C20H17N3O4S. The van der Waals surface area contributed by atoms with E-state index in [-0.39, 0.29) is 23.6 Å². The second-order valence-corrected chi connectivity index (χ2v) is 7.51. The first-order valence-electron chi connectivity index (χ1n) is 8.29. The van der Waals surface area contributed by atoms with Crippen LogP contribution in [0, 0.1) is 12.3 Å². The summed E-state index contributed by atoms with van der Waals surface area (Å²) in [4.78, 5) is 12.2. The van der Waals surface area contributed by atoms with Crippen molar-refractivity contribution in [2.45, 2.75) is 11.5 Å². The van der Waals surface area contributed by atoms with Crippen LogP contribution in [-0.4, -0.2) is 30.7 Å². The number of carbonyl (C=O) groups is 1. The molecule has 0 saturated heterocycles. The van der Waals surface area contributed by atoms with E-state index in [4.69, 9.17) is 11.2 Å². The van der Waals surface area contributed by atoms with Crippen LogP contribution < -0.4 is 4.72 Å². The fourth-order valence-electron chi connectivity index (χ4n) is 2.39. The van der Waals surface area contributed by atoms with E-state index in [1.807, 2.05) is 36.5 Å². The summed E-state index contributed by atoms with van der Waals surface area (Å²) in [7, 11) is -3.69. The Morgan fingerprint density at radius 1 is 1.14 bits per heavy atom. The summed E-state index contributed by atoms with van der Waals surface area (Å²) in [6, 6.07) is 14.7. The minimum atomic E-state index is -3.69. The van der Waals surface area contributed by atoms with Crippen LogP contribution in [0.1, 0.15) is 15.9 Å².